The Morgan fingerprint density at radius 1 is 0.964 bits per heavy atom. The molecule has 0 bridgehead atoms. The molecule has 6 nitrogen and oxygen atoms in total. The van der Waals surface area contributed by atoms with E-state index in [4.69, 9.17) is 24.1 Å². The van der Waals surface area contributed by atoms with Crippen molar-refractivity contribution >= 4 is 29.2 Å². The van der Waals surface area contributed by atoms with Gasteiger partial charge in [-0.1, -0.05) is 39.8 Å². The van der Waals surface area contributed by atoms with Crippen LogP contribution in [0.5, 0.6) is 0 Å². The van der Waals surface area contributed by atoms with E-state index in [0.29, 0.717) is 16.7 Å². The molecule has 2 heterocycles. The van der Waals surface area contributed by atoms with E-state index in [0.717, 1.165) is 18.1 Å². The van der Waals surface area contributed by atoms with Crippen LogP contribution in [0, 0.1) is 0 Å². The molecule has 0 atom stereocenters. The van der Waals surface area contributed by atoms with Gasteiger partial charge in [-0.15, -0.1) is 0 Å². The fourth-order valence-electron chi connectivity index (χ4n) is 2.29. The molecule has 0 spiro atoms. The first-order chi connectivity index (χ1) is 13.7. The Hall–Kier alpha value is -3.41. The molecule has 2 N–H and O–H groups in total. The minimum atomic E-state index is -0.315. The zero-order valence-electron chi connectivity index (χ0n) is 16.5. The van der Waals surface area contributed by atoms with Gasteiger partial charge < -0.3 is 24.1 Å². The lowest BCUT2D eigenvalue weighted by atomic mass is 10.1. The molecule has 0 unspecified atom stereocenters. The topological polar surface area (TPSA) is 89.1 Å². The number of ether oxygens (including phenoxy) is 2. The van der Waals surface area contributed by atoms with Crippen LogP contribution in [0.3, 0.4) is 0 Å². The summed E-state index contributed by atoms with van der Waals surface area (Å²) in [6, 6.07) is 5.12. The average molecular weight is 386 g/mol. The van der Waals surface area contributed by atoms with Crippen molar-refractivity contribution in [2.45, 2.75) is 27.7 Å². The van der Waals surface area contributed by atoms with Gasteiger partial charge in [0.25, 0.3) is 0 Å². The Bertz CT molecular complexity index is 932. The first-order valence-electron chi connectivity index (χ1n) is 9.08. The van der Waals surface area contributed by atoms with Crippen molar-refractivity contribution in [3.05, 3.63) is 75.9 Å². The van der Waals surface area contributed by atoms with Crippen LogP contribution in [0.1, 0.15) is 44.6 Å². The lowest BCUT2D eigenvalue weighted by Crippen LogP contribution is -2.07. The highest BCUT2D eigenvalue weighted by Gasteiger charge is 2.11. The van der Waals surface area contributed by atoms with Crippen molar-refractivity contribution in [3.63, 3.8) is 0 Å². The normalized spacial score (nSPS) is 12.9. The maximum Gasteiger partial charge on any atom is 0.230 e. The van der Waals surface area contributed by atoms with E-state index < -0.39 is 0 Å². The second-order valence-corrected chi connectivity index (χ2v) is 4.88. The molecule has 6 heteroatoms. The van der Waals surface area contributed by atoms with E-state index in [1.807, 2.05) is 27.7 Å². The summed E-state index contributed by atoms with van der Waals surface area (Å²) >= 11 is 0. The molecule has 3 rings (SSSR count). The second kappa shape index (κ2) is 12.1. The number of aliphatic hydroxyl groups excluding tert-OH is 2. The summed E-state index contributed by atoms with van der Waals surface area (Å²) in [5.74, 6) is 0.750. The molecule has 1 aliphatic rings. The average Bonchev–Trinajstić information content (AvgIpc) is 3.26. The van der Waals surface area contributed by atoms with Gasteiger partial charge in [-0.2, -0.15) is 0 Å². The van der Waals surface area contributed by atoms with Gasteiger partial charge in [0.05, 0.1) is 23.5 Å². The first-order valence-corrected chi connectivity index (χ1v) is 9.08. The van der Waals surface area contributed by atoms with E-state index in [9.17, 15) is 4.79 Å². The summed E-state index contributed by atoms with van der Waals surface area (Å²) in [6.07, 6.45) is 9.00. The third kappa shape index (κ3) is 5.54. The molecular formula is C22H26O6. The predicted molar refractivity (Wildman–Crippen MR) is 113 cm³/mol. The van der Waals surface area contributed by atoms with Crippen LogP contribution < -0.4 is 5.43 Å². The van der Waals surface area contributed by atoms with Crippen molar-refractivity contribution in [1.29, 1.82) is 0 Å². The van der Waals surface area contributed by atoms with Crippen LogP contribution in [0.15, 0.2) is 58.0 Å². The van der Waals surface area contributed by atoms with Gasteiger partial charge in [-0.25, -0.2) is 0 Å². The zero-order valence-corrected chi connectivity index (χ0v) is 16.5. The first kappa shape index (κ1) is 22.6. The van der Waals surface area contributed by atoms with Crippen LogP contribution in [-0.2, 0) is 9.47 Å². The maximum atomic E-state index is 12.6. The van der Waals surface area contributed by atoms with E-state index >= 15 is 0 Å². The Morgan fingerprint density at radius 3 is 2.29 bits per heavy atom. The third-order valence-electron chi connectivity index (χ3n) is 3.38. The Labute approximate surface area is 164 Å². The Balaban J connectivity index is 0.000000921. The highest BCUT2D eigenvalue weighted by molar-refractivity contribution is 5.83. The number of allylic oxidation sites excluding steroid dienone is 1. The van der Waals surface area contributed by atoms with Crippen molar-refractivity contribution in [3.8, 4) is 0 Å². The lowest BCUT2D eigenvalue weighted by molar-refractivity contribution is 0.0845. The van der Waals surface area contributed by atoms with Crippen LogP contribution in [0.2, 0.25) is 0 Å². The molecule has 0 amide bonds. The van der Waals surface area contributed by atoms with Crippen molar-refractivity contribution in [2.75, 3.05) is 6.79 Å². The standard InChI is InChI=1S/C18H14O6.2C2H6/c19-7-5-14-17(6-8-20)24-16-4-2-12(9-15(16)18(14)21)1-3-13-10-22-11-23-13;2*1-2/h1-10,19-20H,11H2;2*1-2H3/b3-1-,7-5+,8-6+;;. The third-order valence-corrected chi connectivity index (χ3v) is 3.38. The fraction of sp³-hybridized carbons (Fsp3) is 0.227. The van der Waals surface area contributed by atoms with Crippen LogP contribution >= 0.6 is 0 Å². The van der Waals surface area contributed by atoms with Crippen LogP contribution in [-0.4, -0.2) is 17.0 Å². The number of aliphatic hydroxyl groups is 2. The maximum absolute atomic E-state index is 12.6. The summed E-state index contributed by atoms with van der Waals surface area (Å²) in [5.41, 5.74) is 0.979. The van der Waals surface area contributed by atoms with Crippen molar-refractivity contribution in [1.82, 2.24) is 0 Å². The van der Waals surface area contributed by atoms with E-state index in [1.54, 1.807) is 30.4 Å². The molecule has 1 aromatic carbocycles. The zero-order chi connectivity index (χ0) is 20.9. The molecular weight excluding hydrogens is 360 g/mol. The molecule has 0 radical (unpaired) electrons. The molecule has 28 heavy (non-hydrogen) atoms. The summed E-state index contributed by atoms with van der Waals surface area (Å²) in [6.45, 7) is 8.19. The summed E-state index contributed by atoms with van der Waals surface area (Å²) in [5, 5.41) is 18.3. The molecule has 1 aromatic heterocycles. The monoisotopic (exact) mass is 386 g/mol. The number of rotatable bonds is 4. The number of hydrogen-bond donors (Lipinski definition) is 2. The largest absolute Gasteiger partial charge is 0.516 e. The minimum Gasteiger partial charge on any atom is -0.516 e. The smallest absolute Gasteiger partial charge is 0.230 e. The Kier molecular flexibility index (Phi) is 9.75. The lowest BCUT2D eigenvalue weighted by Gasteiger charge is -2.04. The molecule has 150 valence electrons. The van der Waals surface area contributed by atoms with Gasteiger partial charge in [-0.3, -0.25) is 4.79 Å². The van der Waals surface area contributed by atoms with Crippen LogP contribution in [0.4, 0.5) is 0 Å². The number of hydrogen-bond acceptors (Lipinski definition) is 6. The van der Waals surface area contributed by atoms with Gasteiger partial charge in [-0.05, 0) is 29.8 Å². The van der Waals surface area contributed by atoms with Crippen molar-refractivity contribution < 1.29 is 24.1 Å². The summed E-state index contributed by atoms with van der Waals surface area (Å²) < 4.78 is 15.7. The molecule has 0 saturated carbocycles. The Morgan fingerprint density at radius 2 is 1.68 bits per heavy atom. The molecule has 2 aromatic rings. The molecule has 0 saturated heterocycles. The minimum absolute atomic E-state index is 0.145. The predicted octanol–water partition coefficient (Wildman–Crippen LogP) is 5.76. The van der Waals surface area contributed by atoms with E-state index in [-0.39, 0.29) is 23.5 Å². The highest BCUT2D eigenvalue weighted by atomic mass is 16.7. The van der Waals surface area contributed by atoms with Crippen LogP contribution in [0.25, 0.3) is 29.2 Å². The van der Waals surface area contributed by atoms with Gasteiger partial charge in [0.1, 0.15) is 17.6 Å². The van der Waals surface area contributed by atoms with Gasteiger partial charge in [0, 0.05) is 6.08 Å². The molecule has 0 aliphatic carbocycles. The SMILES string of the molecule is CC.CC.O=c1c(/C=C/O)c(/C=C/O)oc2ccc(/C=C\C3=COCO3)cc12. The van der Waals surface area contributed by atoms with Gasteiger partial charge in [0.15, 0.2) is 5.76 Å². The highest BCUT2D eigenvalue weighted by Crippen LogP contribution is 2.20. The molecule has 1 aliphatic heterocycles. The summed E-state index contributed by atoms with van der Waals surface area (Å²) in [7, 11) is 0. The number of benzene rings is 1. The van der Waals surface area contributed by atoms with Gasteiger partial charge in [0.2, 0.25) is 12.2 Å². The fourth-order valence-corrected chi connectivity index (χ4v) is 2.29. The number of fused-ring (bicyclic) bond motifs is 1. The second-order valence-electron chi connectivity index (χ2n) is 4.88. The van der Waals surface area contributed by atoms with Gasteiger partial charge >= 0.3 is 0 Å². The van der Waals surface area contributed by atoms with E-state index in [2.05, 4.69) is 0 Å². The van der Waals surface area contributed by atoms with Crippen molar-refractivity contribution in [2.24, 2.45) is 0 Å². The van der Waals surface area contributed by atoms with E-state index in [1.165, 1.54) is 18.4 Å². The summed E-state index contributed by atoms with van der Waals surface area (Å²) in [4.78, 5) is 12.6. The molecule has 0 fully saturated rings. The quantitative estimate of drug-likeness (QED) is 0.649.